The molecule has 6 heteroatoms. The van der Waals surface area contributed by atoms with Crippen LogP contribution in [-0.2, 0) is 0 Å². The molecule has 1 heterocycles. The number of fused-ring (bicyclic) bond motifs is 1. The quantitative estimate of drug-likeness (QED) is 0.643. The monoisotopic (exact) mass is 272 g/mol. The van der Waals surface area contributed by atoms with E-state index in [4.69, 9.17) is 5.73 Å². The number of nitro benzene ring substituents is 1. The third-order valence-electron chi connectivity index (χ3n) is 3.69. The number of hydrogen-bond acceptors (Lipinski definition) is 5. The second-order valence-corrected chi connectivity index (χ2v) is 5.17. The highest BCUT2D eigenvalue weighted by molar-refractivity contribution is 5.94. The van der Waals surface area contributed by atoms with Gasteiger partial charge in [-0.05, 0) is 43.0 Å². The largest absolute Gasteiger partial charge is 0.378 e. The maximum Gasteiger partial charge on any atom is 0.301 e. The summed E-state index contributed by atoms with van der Waals surface area (Å²) in [5.41, 5.74) is 7.22. The Morgan fingerprint density at radius 3 is 2.95 bits per heavy atom. The average Bonchev–Trinajstić information content (AvgIpc) is 3.28. The van der Waals surface area contributed by atoms with Crippen molar-refractivity contribution in [2.75, 3.05) is 11.9 Å². The number of aromatic nitrogens is 1. The van der Waals surface area contributed by atoms with Gasteiger partial charge in [-0.1, -0.05) is 0 Å². The fourth-order valence-corrected chi connectivity index (χ4v) is 2.40. The molecule has 0 amide bonds. The van der Waals surface area contributed by atoms with Crippen LogP contribution in [0.1, 0.15) is 12.8 Å². The summed E-state index contributed by atoms with van der Waals surface area (Å²) >= 11 is 0. The predicted molar refractivity (Wildman–Crippen MR) is 77.6 cm³/mol. The average molecular weight is 272 g/mol. The lowest BCUT2D eigenvalue weighted by Gasteiger charge is -2.13. The molecule has 3 N–H and O–H groups in total. The van der Waals surface area contributed by atoms with Crippen molar-refractivity contribution in [3.63, 3.8) is 0 Å². The molecule has 0 aliphatic heterocycles. The first-order valence-electron chi connectivity index (χ1n) is 6.68. The van der Waals surface area contributed by atoms with Gasteiger partial charge in [0, 0.05) is 18.8 Å². The molecule has 1 aliphatic rings. The zero-order valence-electron chi connectivity index (χ0n) is 11.0. The first-order chi connectivity index (χ1) is 9.66. The van der Waals surface area contributed by atoms with E-state index < -0.39 is 0 Å². The molecule has 3 rings (SSSR count). The Morgan fingerprint density at radius 1 is 1.45 bits per heavy atom. The molecule has 1 saturated carbocycles. The van der Waals surface area contributed by atoms with Gasteiger partial charge in [-0.25, -0.2) is 0 Å². The Hall–Kier alpha value is -2.21. The third-order valence-corrected chi connectivity index (χ3v) is 3.69. The Morgan fingerprint density at radius 2 is 2.25 bits per heavy atom. The lowest BCUT2D eigenvalue weighted by Crippen LogP contribution is -2.31. The summed E-state index contributed by atoms with van der Waals surface area (Å²) < 4.78 is 0. The van der Waals surface area contributed by atoms with Crippen LogP contribution in [0.15, 0.2) is 30.5 Å². The van der Waals surface area contributed by atoms with Crippen molar-refractivity contribution in [3.8, 4) is 0 Å². The minimum Gasteiger partial charge on any atom is -0.378 e. The van der Waals surface area contributed by atoms with E-state index in [1.807, 2.05) is 0 Å². The van der Waals surface area contributed by atoms with Crippen molar-refractivity contribution in [1.82, 2.24) is 4.98 Å². The molecular formula is C14H16N4O2. The van der Waals surface area contributed by atoms with Gasteiger partial charge in [0.2, 0.25) is 0 Å². The van der Waals surface area contributed by atoms with E-state index >= 15 is 0 Å². The van der Waals surface area contributed by atoms with Crippen LogP contribution in [0.25, 0.3) is 10.9 Å². The minimum absolute atomic E-state index is 0.0548. The van der Waals surface area contributed by atoms with Crippen molar-refractivity contribution in [2.24, 2.45) is 11.7 Å². The molecule has 0 radical (unpaired) electrons. The topological polar surface area (TPSA) is 94.1 Å². The van der Waals surface area contributed by atoms with Gasteiger partial charge in [-0.15, -0.1) is 0 Å². The highest BCUT2D eigenvalue weighted by atomic mass is 16.6. The van der Waals surface area contributed by atoms with Crippen molar-refractivity contribution >= 4 is 22.3 Å². The van der Waals surface area contributed by atoms with Gasteiger partial charge in [-0.3, -0.25) is 15.1 Å². The van der Waals surface area contributed by atoms with Crippen LogP contribution in [0.3, 0.4) is 0 Å². The molecule has 20 heavy (non-hydrogen) atoms. The molecule has 2 aromatic rings. The molecule has 1 aromatic carbocycles. The van der Waals surface area contributed by atoms with Crippen LogP contribution < -0.4 is 11.1 Å². The third kappa shape index (κ3) is 2.42. The van der Waals surface area contributed by atoms with Gasteiger partial charge < -0.3 is 11.1 Å². The number of anilines is 1. The number of nitrogens with two attached hydrogens (primary N) is 1. The standard InChI is InChI=1S/C14H16N4O2/c15-11(9-3-4-9)8-17-13-6-5-12-10(2-1-7-16-12)14(13)18(19)20/h1-2,5-7,9,11,17H,3-4,8,15H2. The second-order valence-electron chi connectivity index (χ2n) is 5.17. The fourth-order valence-electron chi connectivity index (χ4n) is 2.40. The van der Waals surface area contributed by atoms with E-state index in [-0.39, 0.29) is 16.7 Å². The predicted octanol–water partition coefficient (Wildman–Crippen LogP) is 2.29. The summed E-state index contributed by atoms with van der Waals surface area (Å²) in [5, 5.41) is 15.0. The molecule has 1 fully saturated rings. The molecule has 1 aromatic heterocycles. The van der Waals surface area contributed by atoms with E-state index in [0.717, 1.165) is 12.8 Å². The molecule has 1 atom stereocenters. The van der Waals surface area contributed by atoms with Gasteiger partial charge in [0.05, 0.1) is 15.8 Å². The molecule has 104 valence electrons. The van der Waals surface area contributed by atoms with Gasteiger partial charge in [-0.2, -0.15) is 0 Å². The molecule has 0 saturated heterocycles. The Balaban J connectivity index is 1.92. The number of rotatable bonds is 5. The number of nitrogens with one attached hydrogen (secondary N) is 1. The first kappa shape index (κ1) is 12.8. The van der Waals surface area contributed by atoms with Crippen LogP contribution in [-0.4, -0.2) is 22.5 Å². The van der Waals surface area contributed by atoms with Crippen LogP contribution >= 0.6 is 0 Å². The van der Waals surface area contributed by atoms with Crippen molar-refractivity contribution in [1.29, 1.82) is 0 Å². The van der Waals surface area contributed by atoms with E-state index in [2.05, 4.69) is 10.3 Å². The second kappa shape index (κ2) is 5.05. The summed E-state index contributed by atoms with van der Waals surface area (Å²) in [6.07, 6.45) is 3.95. The zero-order valence-corrected chi connectivity index (χ0v) is 11.0. The molecule has 0 bridgehead atoms. The number of nitrogens with zero attached hydrogens (tertiary/aromatic N) is 2. The maximum absolute atomic E-state index is 11.3. The van der Waals surface area contributed by atoms with E-state index in [1.165, 1.54) is 0 Å². The van der Waals surface area contributed by atoms with Crippen molar-refractivity contribution < 1.29 is 4.92 Å². The van der Waals surface area contributed by atoms with Crippen LogP contribution in [0, 0.1) is 16.0 Å². The number of pyridine rings is 1. The molecule has 1 unspecified atom stereocenters. The number of nitro groups is 1. The van der Waals surface area contributed by atoms with Crippen LogP contribution in [0.4, 0.5) is 11.4 Å². The SMILES string of the molecule is NC(CNc1ccc2ncccc2c1[N+](=O)[O-])C1CC1. The number of benzene rings is 1. The van der Waals surface area contributed by atoms with Crippen LogP contribution in [0.5, 0.6) is 0 Å². The summed E-state index contributed by atoms with van der Waals surface area (Å²) in [6, 6.07) is 6.96. The minimum atomic E-state index is -0.366. The van der Waals surface area contributed by atoms with E-state index in [1.54, 1.807) is 30.5 Å². The zero-order chi connectivity index (χ0) is 14.1. The number of hydrogen-bond donors (Lipinski definition) is 2. The lowest BCUT2D eigenvalue weighted by molar-refractivity contribution is -0.382. The summed E-state index contributed by atoms with van der Waals surface area (Å²) in [4.78, 5) is 15.1. The Kier molecular flexibility index (Phi) is 3.23. The highest BCUT2D eigenvalue weighted by Crippen LogP contribution is 2.34. The first-order valence-corrected chi connectivity index (χ1v) is 6.68. The lowest BCUT2D eigenvalue weighted by atomic mass is 10.1. The van der Waals surface area contributed by atoms with Crippen molar-refractivity contribution in [2.45, 2.75) is 18.9 Å². The van der Waals surface area contributed by atoms with E-state index in [0.29, 0.717) is 29.1 Å². The molecule has 1 aliphatic carbocycles. The smallest absolute Gasteiger partial charge is 0.301 e. The van der Waals surface area contributed by atoms with Crippen molar-refractivity contribution in [3.05, 3.63) is 40.6 Å². The summed E-state index contributed by atoms with van der Waals surface area (Å²) in [7, 11) is 0. The van der Waals surface area contributed by atoms with Crippen LogP contribution in [0.2, 0.25) is 0 Å². The molecular weight excluding hydrogens is 256 g/mol. The maximum atomic E-state index is 11.3. The van der Waals surface area contributed by atoms with Gasteiger partial charge in [0.25, 0.3) is 0 Å². The summed E-state index contributed by atoms with van der Waals surface area (Å²) in [6.45, 7) is 0.553. The highest BCUT2D eigenvalue weighted by Gasteiger charge is 2.28. The van der Waals surface area contributed by atoms with E-state index in [9.17, 15) is 10.1 Å². The Labute approximate surface area is 116 Å². The molecule has 6 nitrogen and oxygen atoms in total. The van der Waals surface area contributed by atoms with Gasteiger partial charge in [0.1, 0.15) is 5.69 Å². The van der Waals surface area contributed by atoms with Gasteiger partial charge >= 0.3 is 5.69 Å². The van der Waals surface area contributed by atoms with Gasteiger partial charge in [0.15, 0.2) is 0 Å². The summed E-state index contributed by atoms with van der Waals surface area (Å²) in [5.74, 6) is 0.559. The fraction of sp³-hybridized carbons (Fsp3) is 0.357. The Bertz CT molecular complexity index is 655. The normalized spacial score (nSPS) is 16.1. The molecule has 0 spiro atoms.